The van der Waals surface area contributed by atoms with Gasteiger partial charge in [-0.05, 0) is 42.4 Å². The minimum Gasteiger partial charge on any atom is -0.332 e. The van der Waals surface area contributed by atoms with E-state index in [2.05, 4.69) is 48.9 Å². The van der Waals surface area contributed by atoms with Crippen LogP contribution >= 0.6 is 0 Å². The van der Waals surface area contributed by atoms with Crippen LogP contribution in [0, 0.1) is 13.8 Å². The first-order chi connectivity index (χ1) is 11.7. The summed E-state index contributed by atoms with van der Waals surface area (Å²) >= 11 is 0. The highest BCUT2D eigenvalue weighted by Crippen LogP contribution is 2.27. The molecule has 0 fully saturated rings. The smallest absolute Gasteiger partial charge is 0.279 e. The summed E-state index contributed by atoms with van der Waals surface area (Å²) in [5.41, 5.74) is 4.79. The molecule has 1 aliphatic rings. The van der Waals surface area contributed by atoms with Crippen LogP contribution in [-0.2, 0) is 18.4 Å². The maximum absolute atomic E-state index is 12.8. The van der Waals surface area contributed by atoms with Crippen molar-refractivity contribution >= 4 is 5.91 Å². The highest BCUT2D eigenvalue weighted by Gasteiger charge is 2.26. The Labute approximate surface area is 148 Å². The molecule has 132 valence electrons. The fourth-order valence-corrected chi connectivity index (χ4v) is 3.11. The molecule has 1 aliphatic heterocycles. The lowest BCUT2D eigenvalue weighted by molar-refractivity contribution is 0.0726. The number of benzene rings is 1. The maximum Gasteiger partial charge on any atom is 0.279 e. The normalized spacial score (nSPS) is 14.4. The summed E-state index contributed by atoms with van der Waals surface area (Å²) in [5.74, 6) is -0.296. The first-order valence-corrected chi connectivity index (χ1v) is 8.66. The summed E-state index contributed by atoms with van der Waals surface area (Å²) < 4.78 is 0. The number of hydrogen-bond donors (Lipinski definition) is 1. The Balaban J connectivity index is 1.87. The molecule has 0 spiro atoms. The minimum atomic E-state index is -0.415. The van der Waals surface area contributed by atoms with Crippen LogP contribution in [0.4, 0.5) is 0 Å². The second-order valence-electron chi connectivity index (χ2n) is 7.84. The van der Waals surface area contributed by atoms with E-state index in [0.717, 1.165) is 12.0 Å². The third-order valence-electron chi connectivity index (χ3n) is 4.91. The molecule has 0 bridgehead atoms. The third kappa shape index (κ3) is 3.36. The molecule has 0 atom stereocenters. The average molecular weight is 339 g/mol. The van der Waals surface area contributed by atoms with Gasteiger partial charge in [0.15, 0.2) is 5.69 Å². The van der Waals surface area contributed by atoms with Crippen molar-refractivity contribution in [3.8, 4) is 0 Å². The van der Waals surface area contributed by atoms with E-state index in [1.165, 1.54) is 11.1 Å². The second kappa shape index (κ2) is 6.14. The number of rotatable bonds is 1. The Morgan fingerprint density at radius 3 is 2.60 bits per heavy atom. The van der Waals surface area contributed by atoms with E-state index < -0.39 is 5.56 Å². The highest BCUT2D eigenvalue weighted by atomic mass is 16.2. The Morgan fingerprint density at radius 1 is 1.20 bits per heavy atom. The molecule has 25 heavy (non-hydrogen) atoms. The van der Waals surface area contributed by atoms with Crippen LogP contribution in [0.2, 0.25) is 0 Å². The number of aryl methyl sites for hydroxylation is 2. The van der Waals surface area contributed by atoms with Crippen LogP contribution < -0.4 is 5.56 Å². The summed E-state index contributed by atoms with van der Waals surface area (Å²) in [5, 5.41) is 0. The van der Waals surface area contributed by atoms with Crippen molar-refractivity contribution in [3.63, 3.8) is 0 Å². The van der Waals surface area contributed by atoms with Gasteiger partial charge in [-0.1, -0.05) is 39.0 Å². The van der Waals surface area contributed by atoms with Gasteiger partial charge >= 0.3 is 0 Å². The molecular weight excluding hydrogens is 314 g/mol. The third-order valence-corrected chi connectivity index (χ3v) is 4.91. The molecule has 5 nitrogen and oxygen atoms in total. The van der Waals surface area contributed by atoms with Gasteiger partial charge in [-0.25, -0.2) is 4.98 Å². The molecule has 0 saturated carbocycles. The Hall–Kier alpha value is -2.43. The molecule has 1 amide bonds. The molecular formula is C20H25N3O2. The topological polar surface area (TPSA) is 66.1 Å². The lowest BCUT2D eigenvalue weighted by Gasteiger charge is -2.30. The highest BCUT2D eigenvalue weighted by molar-refractivity contribution is 5.92. The molecule has 0 aliphatic carbocycles. The summed E-state index contributed by atoms with van der Waals surface area (Å²) in [4.78, 5) is 33.5. The van der Waals surface area contributed by atoms with Crippen molar-refractivity contribution in [1.29, 1.82) is 0 Å². The molecule has 1 N–H and O–H groups in total. The zero-order valence-electron chi connectivity index (χ0n) is 15.6. The second-order valence-corrected chi connectivity index (χ2v) is 7.84. The van der Waals surface area contributed by atoms with E-state index in [0.29, 0.717) is 24.5 Å². The van der Waals surface area contributed by atoms with E-state index >= 15 is 0 Å². The monoisotopic (exact) mass is 339 g/mol. The van der Waals surface area contributed by atoms with Gasteiger partial charge in [0.1, 0.15) is 0 Å². The number of H-pyrrole nitrogens is 1. The Bertz CT molecular complexity index is 891. The first-order valence-electron chi connectivity index (χ1n) is 8.66. The van der Waals surface area contributed by atoms with Gasteiger partial charge < -0.3 is 9.88 Å². The zero-order valence-corrected chi connectivity index (χ0v) is 15.6. The van der Waals surface area contributed by atoms with E-state index in [-0.39, 0.29) is 17.0 Å². The number of aromatic nitrogens is 2. The van der Waals surface area contributed by atoms with Gasteiger partial charge in [-0.2, -0.15) is 0 Å². The summed E-state index contributed by atoms with van der Waals surface area (Å²) in [6, 6.07) is 6.49. The van der Waals surface area contributed by atoms with Gasteiger partial charge in [-0.3, -0.25) is 9.59 Å². The fourth-order valence-electron chi connectivity index (χ4n) is 3.11. The minimum absolute atomic E-state index is 0.0159. The molecule has 0 radical (unpaired) electrons. The van der Waals surface area contributed by atoms with Crippen molar-refractivity contribution in [2.75, 3.05) is 6.54 Å². The number of nitrogens with zero attached hydrogens (tertiary/aromatic N) is 2. The van der Waals surface area contributed by atoms with Gasteiger partial charge in [0, 0.05) is 18.8 Å². The van der Waals surface area contributed by atoms with Crippen LogP contribution in [0.15, 0.2) is 23.0 Å². The average Bonchev–Trinajstić information content (AvgIpc) is 2.55. The van der Waals surface area contributed by atoms with Crippen LogP contribution in [0.3, 0.4) is 0 Å². The summed E-state index contributed by atoms with van der Waals surface area (Å²) in [7, 11) is 0. The molecule has 2 heterocycles. The van der Waals surface area contributed by atoms with Gasteiger partial charge in [0.25, 0.3) is 11.5 Å². The van der Waals surface area contributed by atoms with Crippen molar-refractivity contribution in [2.45, 2.75) is 53.0 Å². The number of fused-ring (bicyclic) bond motifs is 1. The maximum atomic E-state index is 12.8. The number of aromatic amines is 1. The van der Waals surface area contributed by atoms with Crippen molar-refractivity contribution in [1.82, 2.24) is 14.9 Å². The van der Waals surface area contributed by atoms with Crippen molar-refractivity contribution < 1.29 is 4.79 Å². The Kier molecular flexibility index (Phi) is 4.27. The molecule has 1 aromatic carbocycles. The van der Waals surface area contributed by atoms with Crippen LogP contribution in [-0.4, -0.2) is 27.3 Å². The van der Waals surface area contributed by atoms with Crippen LogP contribution in [0.5, 0.6) is 0 Å². The number of nitrogens with one attached hydrogen (secondary N) is 1. The molecule has 3 rings (SSSR count). The van der Waals surface area contributed by atoms with Gasteiger partial charge in [-0.15, -0.1) is 0 Å². The standard InChI is InChI=1S/C20H25N3O2/c1-12-13(2)22-18(24)17(21-12)19(25)23-9-8-14-10-16(20(3,4)5)7-6-15(14)11-23/h6-7,10H,8-9,11H2,1-5H3,(H,22,24). The predicted octanol–water partition coefficient (Wildman–Crippen LogP) is 2.88. The van der Waals surface area contributed by atoms with E-state index in [1.54, 1.807) is 18.7 Å². The number of amides is 1. The first kappa shape index (κ1) is 17.4. The van der Waals surface area contributed by atoms with E-state index in [9.17, 15) is 9.59 Å². The van der Waals surface area contributed by atoms with E-state index in [1.807, 2.05) is 0 Å². The molecule has 1 aromatic heterocycles. The fraction of sp³-hybridized carbons (Fsp3) is 0.450. The lowest BCUT2D eigenvalue weighted by Crippen LogP contribution is -2.39. The number of carbonyl (C=O) groups is 1. The lowest BCUT2D eigenvalue weighted by atomic mass is 9.84. The number of carbonyl (C=O) groups excluding carboxylic acids is 1. The van der Waals surface area contributed by atoms with Crippen LogP contribution in [0.1, 0.15) is 59.3 Å². The van der Waals surface area contributed by atoms with Crippen molar-refractivity contribution in [3.05, 3.63) is 62.3 Å². The quantitative estimate of drug-likeness (QED) is 0.869. The summed E-state index contributed by atoms with van der Waals surface area (Å²) in [6.45, 7) is 11.3. The van der Waals surface area contributed by atoms with Crippen molar-refractivity contribution in [2.24, 2.45) is 0 Å². The molecule has 0 unspecified atom stereocenters. The molecule has 5 heteroatoms. The zero-order chi connectivity index (χ0) is 18.4. The molecule has 2 aromatic rings. The van der Waals surface area contributed by atoms with E-state index in [4.69, 9.17) is 0 Å². The number of hydrogen-bond acceptors (Lipinski definition) is 3. The Morgan fingerprint density at radius 2 is 1.92 bits per heavy atom. The predicted molar refractivity (Wildman–Crippen MR) is 97.9 cm³/mol. The molecule has 0 saturated heterocycles. The summed E-state index contributed by atoms with van der Waals surface area (Å²) in [6.07, 6.45) is 0.799. The SMILES string of the molecule is Cc1nc(C(=O)N2CCc3cc(C(C)(C)C)ccc3C2)c(=O)[nH]c1C. The largest absolute Gasteiger partial charge is 0.332 e. The van der Waals surface area contributed by atoms with Crippen LogP contribution in [0.25, 0.3) is 0 Å². The van der Waals surface area contributed by atoms with Gasteiger partial charge in [0.05, 0.1) is 5.69 Å². The van der Waals surface area contributed by atoms with Gasteiger partial charge in [0.2, 0.25) is 0 Å².